The molecule has 2 aromatic rings. The summed E-state index contributed by atoms with van der Waals surface area (Å²) in [6.07, 6.45) is -3.64. The number of phosphoric ester groups is 1. The van der Waals surface area contributed by atoms with E-state index in [9.17, 15) is 24.4 Å². The number of aliphatic hydroxyl groups excluding tert-OH is 2. The highest BCUT2D eigenvalue weighted by Crippen LogP contribution is 2.52. The van der Waals surface area contributed by atoms with Crippen LogP contribution in [0.25, 0.3) is 11.2 Å². The Labute approximate surface area is 253 Å². The lowest BCUT2D eigenvalue weighted by molar-refractivity contribution is -0.118. The number of nitrogens with two attached hydrogens (primary N) is 1. The molecule has 0 bridgehead atoms. The molecule has 14 nitrogen and oxygen atoms in total. The Bertz CT molecular complexity index is 1260. The molecule has 0 aliphatic carbocycles. The molecule has 0 spiro atoms. The molecule has 236 valence electrons. The van der Waals surface area contributed by atoms with E-state index in [0.29, 0.717) is 5.52 Å². The fourth-order valence-electron chi connectivity index (χ4n) is 3.72. The number of hydrogen-bond donors (Lipinski definition) is 3. The molecule has 42 heavy (non-hydrogen) atoms. The van der Waals surface area contributed by atoms with Gasteiger partial charge in [-0.25, -0.2) is 19.5 Å². The van der Waals surface area contributed by atoms with E-state index in [-0.39, 0.29) is 46.4 Å². The molecule has 2 aromatic heterocycles. The summed E-state index contributed by atoms with van der Waals surface area (Å²) in [5.74, 6) is 0.529. The van der Waals surface area contributed by atoms with Crippen LogP contribution in [0, 0.1) is 10.8 Å². The molecule has 5 atom stereocenters. The Morgan fingerprint density at radius 3 is 2.10 bits per heavy atom. The van der Waals surface area contributed by atoms with Crippen molar-refractivity contribution in [2.24, 2.45) is 10.8 Å². The minimum atomic E-state index is -4.28. The van der Waals surface area contributed by atoms with Gasteiger partial charge in [-0.15, -0.1) is 0 Å². The van der Waals surface area contributed by atoms with Crippen molar-refractivity contribution >= 4 is 58.6 Å². The number of aromatic nitrogens is 4. The van der Waals surface area contributed by atoms with E-state index in [2.05, 4.69) is 15.0 Å². The summed E-state index contributed by atoms with van der Waals surface area (Å²) in [5, 5.41) is 21.5. The summed E-state index contributed by atoms with van der Waals surface area (Å²) in [5.41, 5.74) is 5.32. The van der Waals surface area contributed by atoms with E-state index in [4.69, 9.17) is 24.0 Å². The number of ether oxygens (including phenoxy) is 1. The van der Waals surface area contributed by atoms with E-state index < -0.39 is 49.3 Å². The number of carbonyl (C=O) groups excluding carboxylic acids is 2. The summed E-state index contributed by atoms with van der Waals surface area (Å²) in [4.78, 5) is 36.7. The molecule has 5 unspecified atom stereocenters. The van der Waals surface area contributed by atoms with Crippen LogP contribution >= 0.6 is 31.3 Å². The zero-order valence-corrected chi connectivity index (χ0v) is 27.3. The topological polar surface area (TPSA) is 198 Å². The summed E-state index contributed by atoms with van der Waals surface area (Å²) in [6, 6.07) is 0. The van der Waals surface area contributed by atoms with Crippen molar-refractivity contribution < 1.29 is 42.7 Å². The van der Waals surface area contributed by atoms with Crippen molar-refractivity contribution in [3.05, 3.63) is 12.7 Å². The second kappa shape index (κ2) is 14.0. The third-order valence-corrected chi connectivity index (χ3v) is 10.1. The lowest BCUT2D eigenvalue weighted by Crippen LogP contribution is -2.38. The fraction of sp³-hybridized carbons (Fsp3) is 0.720. The average Bonchev–Trinajstić information content (AvgIpc) is 3.45. The average molecular weight is 650 g/mol. The van der Waals surface area contributed by atoms with E-state index in [0.717, 1.165) is 23.5 Å². The van der Waals surface area contributed by atoms with Crippen LogP contribution in [0.4, 0.5) is 5.82 Å². The zero-order valence-electron chi connectivity index (χ0n) is 24.8. The van der Waals surface area contributed by atoms with Gasteiger partial charge in [0.1, 0.15) is 30.2 Å². The Morgan fingerprint density at radius 2 is 1.57 bits per heavy atom. The third-order valence-electron chi connectivity index (χ3n) is 6.05. The van der Waals surface area contributed by atoms with Gasteiger partial charge in [0.15, 0.2) is 27.9 Å². The number of carbonyl (C=O) groups is 2. The van der Waals surface area contributed by atoms with Crippen LogP contribution in [-0.2, 0) is 32.5 Å². The number of anilines is 1. The van der Waals surface area contributed by atoms with Gasteiger partial charge in [0.05, 0.1) is 25.6 Å². The van der Waals surface area contributed by atoms with Gasteiger partial charge in [-0.2, -0.15) is 0 Å². The van der Waals surface area contributed by atoms with E-state index in [1.807, 2.05) is 0 Å². The van der Waals surface area contributed by atoms with Crippen LogP contribution in [0.5, 0.6) is 0 Å². The molecule has 0 radical (unpaired) electrons. The van der Waals surface area contributed by atoms with Crippen molar-refractivity contribution in [1.82, 2.24) is 19.5 Å². The SMILES string of the molecule is CC(OP(=O)(OCCSC(=O)C(C)(C)C)OCCSC(=O)C(C)(C)C)C1OC(n2cnc3c(N)ncnc32)C(O)C1O. The van der Waals surface area contributed by atoms with Crippen molar-refractivity contribution in [3.8, 4) is 0 Å². The first-order valence-electron chi connectivity index (χ1n) is 13.3. The maximum atomic E-state index is 13.7. The lowest BCUT2D eigenvalue weighted by Gasteiger charge is -2.26. The molecule has 0 amide bonds. The number of imidazole rings is 1. The number of rotatable bonds is 12. The van der Waals surface area contributed by atoms with Crippen molar-refractivity contribution in [2.75, 3.05) is 30.5 Å². The minimum absolute atomic E-state index is 0.0604. The van der Waals surface area contributed by atoms with Crippen LogP contribution in [0.1, 0.15) is 54.7 Å². The van der Waals surface area contributed by atoms with Gasteiger partial charge in [-0.1, -0.05) is 65.1 Å². The number of nitrogen functional groups attached to an aromatic ring is 1. The third kappa shape index (κ3) is 8.73. The molecule has 1 aliphatic rings. The molecular formula is C25H40N5O9PS2. The summed E-state index contributed by atoms with van der Waals surface area (Å²) >= 11 is 2.07. The molecule has 0 aromatic carbocycles. The second-order valence-electron chi connectivity index (χ2n) is 11.8. The number of aliphatic hydroxyl groups is 2. The smallest absolute Gasteiger partial charge is 0.387 e. The standard InChI is InChI=1S/C25H40N5O9PS2/c1-14(18-16(31)17(32)21(38-18)30-13-29-15-19(26)27-12-28-20(15)30)39-40(35,36-8-10-41-22(33)24(2,3)4)37-9-11-42-23(34)25(5,6)7/h12-14,16-18,21,31-32H,8-11H2,1-7H3,(H2,26,27,28). The lowest BCUT2D eigenvalue weighted by atomic mass is 9.99. The highest BCUT2D eigenvalue weighted by atomic mass is 32.2. The number of phosphoric acid groups is 1. The Balaban J connectivity index is 1.69. The molecule has 0 saturated carbocycles. The quantitative estimate of drug-likeness (QED) is 0.224. The number of fused-ring (bicyclic) bond motifs is 1. The molecule has 3 heterocycles. The normalized spacial score (nSPS) is 22.5. The molecule has 1 fully saturated rings. The van der Waals surface area contributed by atoms with Gasteiger partial charge in [-0.3, -0.25) is 27.7 Å². The molecule has 1 saturated heterocycles. The second-order valence-corrected chi connectivity index (χ2v) is 15.5. The van der Waals surface area contributed by atoms with Gasteiger partial charge in [0, 0.05) is 22.3 Å². The number of nitrogens with zero attached hydrogens (tertiary/aromatic N) is 4. The number of hydrogen-bond acceptors (Lipinski definition) is 15. The maximum Gasteiger partial charge on any atom is 0.475 e. The van der Waals surface area contributed by atoms with Gasteiger partial charge < -0.3 is 20.7 Å². The Morgan fingerprint density at radius 1 is 1.02 bits per heavy atom. The van der Waals surface area contributed by atoms with Gasteiger partial charge >= 0.3 is 7.82 Å². The van der Waals surface area contributed by atoms with Crippen molar-refractivity contribution in [3.63, 3.8) is 0 Å². The molecule has 3 rings (SSSR count). The fourth-order valence-corrected chi connectivity index (χ4v) is 6.89. The molecule has 17 heteroatoms. The van der Waals surface area contributed by atoms with E-state index >= 15 is 0 Å². The Kier molecular flexibility index (Phi) is 11.6. The van der Waals surface area contributed by atoms with Crippen molar-refractivity contribution in [1.29, 1.82) is 0 Å². The van der Waals surface area contributed by atoms with Gasteiger partial charge in [0.2, 0.25) is 0 Å². The first-order chi connectivity index (χ1) is 19.4. The van der Waals surface area contributed by atoms with Crippen LogP contribution in [0.2, 0.25) is 0 Å². The predicted octanol–water partition coefficient (Wildman–Crippen LogP) is 3.19. The molecule has 4 N–H and O–H groups in total. The van der Waals surface area contributed by atoms with Crippen LogP contribution < -0.4 is 5.73 Å². The first kappa shape index (κ1) is 34.9. The zero-order chi connectivity index (χ0) is 31.5. The number of thioether (sulfide) groups is 2. The van der Waals surface area contributed by atoms with Crippen LogP contribution in [-0.4, -0.2) is 89.1 Å². The largest absolute Gasteiger partial charge is 0.475 e. The Hall–Kier alpha value is -1.62. The monoisotopic (exact) mass is 649 g/mol. The molecule has 1 aliphatic heterocycles. The van der Waals surface area contributed by atoms with Crippen LogP contribution in [0.3, 0.4) is 0 Å². The summed E-state index contributed by atoms with van der Waals surface area (Å²) in [6.45, 7) is 12.0. The minimum Gasteiger partial charge on any atom is -0.387 e. The van der Waals surface area contributed by atoms with Crippen molar-refractivity contribution in [2.45, 2.75) is 79.1 Å². The summed E-state index contributed by atoms with van der Waals surface area (Å²) in [7, 11) is -4.28. The first-order valence-corrected chi connectivity index (χ1v) is 16.7. The maximum absolute atomic E-state index is 13.7. The predicted molar refractivity (Wildman–Crippen MR) is 160 cm³/mol. The molecular weight excluding hydrogens is 609 g/mol. The highest BCUT2D eigenvalue weighted by molar-refractivity contribution is 8.14. The van der Waals surface area contributed by atoms with E-state index in [1.54, 1.807) is 41.5 Å². The van der Waals surface area contributed by atoms with E-state index in [1.165, 1.54) is 24.1 Å². The van der Waals surface area contributed by atoms with Crippen LogP contribution in [0.15, 0.2) is 12.7 Å². The van der Waals surface area contributed by atoms with Gasteiger partial charge in [-0.05, 0) is 6.92 Å². The van der Waals surface area contributed by atoms with Gasteiger partial charge in [0.25, 0.3) is 0 Å². The highest BCUT2D eigenvalue weighted by Gasteiger charge is 2.49. The summed E-state index contributed by atoms with van der Waals surface area (Å²) < 4.78 is 37.8.